The van der Waals surface area contributed by atoms with Crippen molar-refractivity contribution in [2.75, 3.05) is 11.9 Å². The van der Waals surface area contributed by atoms with Crippen LogP contribution in [0.15, 0.2) is 50.9 Å². The normalized spacial score (nSPS) is 10.9. The van der Waals surface area contributed by atoms with E-state index >= 15 is 0 Å². The van der Waals surface area contributed by atoms with E-state index in [1.165, 1.54) is 6.08 Å². The number of ether oxygens (including phenoxy) is 1. The van der Waals surface area contributed by atoms with Gasteiger partial charge in [-0.05, 0) is 86.8 Å². The van der Waals surface area contributed by atoms with Crippen LogP contribution in [0.1, 0.15) is 12.5 Å². The summed E-state index contributed by atoms with van der Waals surface area (Å²) in [6.07, 6.45) is 1.44. The van der Waals surface area contributed by atoms with Crippen LogP contribution in [0.2, 0.25) is 0 Å². The monoisotopic (exact) mass is 464 g/mol. The zero-order chi connectivity index (χ0) is 18.4. The average Bonchev–Trinajstić information content (AvgIpc) is 2.59. The van der Waals surface area contributed by atoms with Crippen molar-refractivity contribution in [3.8, 4) is 17.6 Å². The molecule has 0 atom stereocenters. The van der Waals surface area contributed by atoms with Crippen LogP contribution in [0.5, 0.6) is 11.5 Å². The predicted octanol–water partition coefficient (Wildman–Crippen LogP) is 4.86. The SMILES string of the molecule is CCOc1ccc(NC(=O)C(C#N)=Cc2cc(Br)c(O)c(Br)c2)cc1. The van der Waals surface area contributed by atoms with Crippen LogP contribution in [-0.4, -0.2) is 17.6 Å². The summed E-state index contributed by atoms with van der Waals surface area (Å²) in [6, 6.07) is 12.0. The van der Waals surface area contributed by atoms with Crippen molar-refractivity contribution < 1.29 is 14.6 Å². The Morgan fingerprint density at radius 2 is 1.88 bits per heavy atom. The minimum atomic E-state index is -0.521. The summed E-state index contributed by atoms with van der Waals surface area (Å²) in [4.78, 5) is 12.3. The van der Waals surface area contributed by atoms with Gasteiger partial charge in [0.15, 0.2) is 0 Å². The third kappa shape index (κ3) is 5.08. The number of anilines is 1. The first-order valence-electron chi connectivity index (χ1n) is 7.28. The number of halogens is 2. The molecule has 2 aromatic rings. The average molecular weight is 466 g/mol. The highest BCUT2D eigenvalue weighted by Gasteiger charge is 2.11. The molecule has 7 heteroatoms. The Morgan fingerprint density at radius 3 is 2.40 bits per heavy atom. The van der Waals surface area contributed by atoms with E-state index in [2.05, 4.69) is 37.2 Å². The lowest BCUT2D eigenvalue weighted by Gasteiger charge is -2.07. The third-order valence-electron chi connectivity index (χ3n) is 3.14. The molecule has 0 saturated heterocycles. The number of benzene rings is 2. The number of amides is 1. The maximum atomic E-state index is 12.3. The number of nitrogens with zero attached hydrogens (tertiary/aromatic N) is 1. The second kappa shape index (κ2) is 8.70. The fraction of sp³-hybridized carbons (Fsp3) is 0.111. The highest BCUT2D eigenvalue weighted by molar-refractivity contribution is 9.11. The molecule has 2 N–H and O–H groups in total. The van der Waals surface area contributed by atoms with Crippen LogP contribution in [0.25, 0.3) is 6.08 Å². The molecule has 128 valence electrons. The Kier molecular flexibility index (Phi) is 6.62. The molecule has 25 heavy (non-hydrogen) atoms. The van der Waals surface area contributed by atoms with Crippen molar-refractivity contribution in [1.29, 1.82) is 5.26 Å². The fourth-order valence-electron chi connectivity index (χ4n) is 1.98. The molecule has 1 amide bonds. The van der Waals surface area contributed by atoms with Crippen LogP contribution in [0, 0.1) is 11.3 Å². The van der Waals surface area contributed by atoms with E-state index in [0.29, 0.717) is 32.6 Å². The molecule has 0 spiro atoms. The molecule has 0 aliphatic carbocycles. The van der Waals surface area contributed by atoms with Crippen molar-refractivity contribution >= 4 is 49.5 Å². The lowest BCUT2D eigenvalue weighted by Crippen LogP contribution is -2.13. The van der Waals surface area contributed by atoms with Gasteiger partial charge in [0, 0.05) is 5.69 Å². The minimum absolute atomic E-state index is 0.0505. The van der Waals surface area contributed by atoms with Gasteiger partial charge in [-0.15, -0.1) is 0 Å². The van der Waals surface area contributed by atoms with Gasteiger partial charge in [-0.3, -0.25) is 4.79 Å². The Hall–Kier alpha value is -2.30. The van der Waals surface area contributed by atoms with E-state index in [4.69, 9.17) is 4.74 Å². The highest BCUT2D eigenvalue weighted by Crippen LogP contribution is 2.34. The lowest BCUT2D eigenvalue weighted by molar-refractivity contribution is -0.112. The largest absolute Gasteiger partial charge is 0.506 e. The quantitative estimate of drug-likeness (QED) is 0.487. The van der Waals surface area contributed by atoms with Gasteiger partial charge in [-0.25, -0.2) is 0 Å². The molecular weight excluding hydrogens is 452 g/mol. The Morgan fingerprint density at radius 1 is 1.28 bits per heavy atom. The number of hydrogen-bond acceptors (Lipinski definition) is 4. The van der Waals surface area contributed by atoms with E-state index in [0.717, 1.165) is 0 Å². The Labute approximate surface area is 162 Å². The fourth-order valence-corrected chi connectivity index (χ4v) is 3.21. The molecule has 5 nitrogen and oxygen atoms in total. The van der Waals surface area contributed by atoms with Crippen LogP contribution >= 0.6 is 31.9 Å². The number of hydrogen-bond donors (Lipinski definition) is 2. The molecule has 0 heterocycles. The summed E-state index contributed by atoms with van der Waals surface area (Å²) in [5.41, 5.74) is 1.09. The summed E-state index contributed by atoms with van der Waals surface area (Å²) in [7, 11) is 0. The van der Waals surface area contributed by atoms with Crippen molar-refractivity contribution in [1.82, 2.24) is 0 Å². The Bertz CT molecular complexity index is 833. The maximum absolute atomic E-state index is 12.3. The van der Waals surface area contributed by atoms with E-state index in [1.807, 2.05) is 13.0 Å². The smallest absolute Gasteiger partial charge is 0.266 e. The number of carbonyl (C=O) groups is 1. The van der Waals surface area contributed by atoms with Gasteiger partial charge in [-0.1, -0.05) is 0 Å². The molecule has 0 unspecified atom stereocenters. The van der Waals surface area contributed by atoms with Crippen LogP contribution < -0.4 is 10.1 Å². The molecular formula is C18H14Br2N2O3. The first kappa shape index (κ1) is 19.0. The molecule has 0 aromatic heterocycles. The number of phenols is 1. The Balaban J connectivity index is 2.19. The second-order valence-corrected chi connectivity index (χ2v) is 6.62. The van der Waals surface area contributed by atoms with E-state index in [-0.39, 0.29) is 11.3 Å². The van der Waals surface area contributed by atoms with E-state index in [9.17, 15) is 15.2 Å². The van der Waals surface area contributed by atoms with E-state index in [1.54, 1.807) is 36.4 Å². The van der Waals surface area contributed by atoms with Crippen molar-refractivity contribution in [2.24, 2.45) is 0 Å². The number of aromatic hydroxyl groups is 1. The van der Waals surface area contributed by atoms with Gasteiger partial charge in [-0.2, -0.15) is 5.26 Å². The lowest BCUT2D eigenvalue weighted by atomic mass is 10.1. The van der Waals surface area contributed by atoms with Gasteiger partial charge in [0.2, 0.25) is 0 Å². The van der Waals surface area contributed by atoms with Crippen LogP contribution in [-0.2, 0) is 4.79 Å². The number of nitrogens with one attached hydrogen (secondary N) is 1. The van der Waals surface area contributed by atoms with Crippen molar-refractivity contribution in [3.05, 3.63) is 56.5 Å². The number of rotatable bonds is 5. The standard InChI is InChI=1S/C18H14Br2N2O3/c1-2-25-14-5-3-13(4-6-14)22-18(24)12(10-21)7-11-8-15(19)17(23)16(20)9-11/h3-9,23H,2H2,1H3,(H,22,24). The molecule has 0 bridgehead atoms. The van der Waals surface area contributed by atoms with E-state index < -0.39 is 5.91 Å². The maximum Gasteiger partial charge on any atom is 0.266 e. The molecule has 2 aromatic carbocycles. The summed E-state index contributed by atoms with van der Waals surface area (Å²) in [5, 5.41) is 21.7. The first-order chi connectivity index (χ1) is 11.9. The molecule has 0 radical (unpaired) electrons. The molecule has 0 fully saturated rings. The summed E-state index contributed by atoms with van der Waals surface area (Å²) < 4.78 is 6.25. The molecule has 0 aliphatic heterocycles. The predicted molar refractivity (Wildman–Crippen MR) is 103 cm³/mol. The van der Waals surface area contributed by atoms with Crippen molar-refractivity contribution in [3.63, 3.8) is 0 Å². The zero-order valence-electron chi connectivity index (χ0n) is 13.2. The van der Waals surface area contributed by atoms with Gasteiger partial charge >= 0.3 is 0 Å². The number of carbonyl (C=O) groups excluding carboxylic acids is 1. The van der Waals surface area contributed by atoms with Gasteiger partial charge in [0.25, 0.3) is 5.91 Å². The van der Waals surface area contributed by atoms with Crippen LogP contribution in [0.4, 0.5) is 5.69 Å². The van der Waals surface area contributed by atoms with Gasteiger partial charge in [0.05, 0.1) is 15.6 Å². The van der Waals surface area contributed by atoms with Gasteiger partial charge < -0.3 is 15.2 Å². The third-order valence-corrected chi connectivity index (χ3v) is 4.35. The molecule has 2 rings (SSSR count). The first-order valence-corrected chi connectivity index (χ1v) is 8.87. The minimum Gasteiger partial charge on any atom is -0.506 e. The molecule has 0 saturated carbocycles. The summed E-state index contributed by atoms with van der Waals surface area (Å²) in [6.45, 7) is 2.45. The number of nitriles is 1. The summed E-state index contributed by atoms with van der Waals surface area (Å²) >= 11 is 6.43. The van der Waals surface area contributed by atoms with Crippen LogP contribution in [0.3, 0.4) is 0 Å². The van der Waals surface area contributed by atoms with Crippen molar-refractivity contribution in [2.45, 2.75) is 6.92 Å². The zero-order valence-corrected chi connectivity index (χ0v) is 16.4. The van der Waals surface area contributed by atoms with Gasteiger partial charge in [0.1, 0.15) is 23.1 Å². The molecule has 0 aliphatic rings. The summed E-state index contributed by atoms with van der Waals surface area (Å²) in [5.74, 6) is 0.233. The topological polar surface area (TPSA) is 82.3 Å². The second-order valence-electron chi connectivity index (χ2n) is 4.91. The highest BCUT2D eigenvalue weighted by atomic mass is 79.9. The number of phenolic OH excluding ortho intramolecular Hbond substituents is 1.